The van der Waals surface area contributed by atoms with E-state index in [1.165, 1.54) is 0 Å². The Morgan fingerprint density at radius 2 is 1.61 bits per heavy atom. The highest BCUT2D eigenvalue weighted by atomic mass is 19.3. The van der Waals surface area contributed by atoms with Crippen molar-refractivity contribution in [2.24, 2.45) is 0 Å². The quantitative estimate of drug-likeness (QED) is 0.443. The van der Waals surface area contributed by atoms with Crippen LogP contribution in [0.1, 0.15) is 23.5 Å². The standard InChI is InChI=1S/C23H24F2N2O6/c24-20(25)13-32-10-9-26-22(30)19(11-21(28)29)27-23(31)33-12-18-16-7-3-1-5-14(16)15-6-2-4-8-17(15)18/h1-8,18-20H,9-13H2,(H,26,30)(H,27,31)(H,28,29). The molecule has 1 atom stereocenters. The number of ether oxygens (including phenoxy) is 2. The van der Waals surface area contributed by atoms with Crippen molar-refractivity contribution >= 4 is 18.0 Å². The molecule has 1 aliphatic carbocycles. The summed E-state index contributed by atoms with van der Waals surface area (Å²) >= 11 is 0. The van der Waals surface area contributed by atoms with Crippen molar-refractivity contribution in [3.8, 4) is 11.1 Å². The van der Waals surface area contributed by atoms with Gasteiger partial charge >= 0.3 is 12.1 Å². The van der Waals surface area contributed by atoms with Gasteiger partial charge in [0, 0.05) is 12.5 Å². The van der Waals surface area contributed by atoms with Crippen molar-refractivity contribution in [3.05, 3.63) is 59.7 Å². The number of rotatable bonds is 11. The highest BCUT2D eigenvalue weighted by Crippen LogP contribution is 2.44. The minimum atomic E-state index is -2.63. The van der Waals surface area contributed by atoms with E-state index in [1.54, 1.807) is 0 Å². The van der Waals surface area contributed by atoms with Gasteiger partial charge in [-0.1, -0.05) is 48.5 Å². The van der Waals surface area contributed by atoms with Crippen LogP contribution in [0.2, 0.25) is 0 Å². The largest absolute Gasteiger partial charge is 0.481 e. The molecule has 0 bridgehead atoms. The lowest BCUT2D eigenvalue weighted by Gasteiger charge is -2.18. The second-order valence-corrected chi connectivity index (χ2v) is 7.38. The van der Waals surface area contributed by atoms with Crippen molar-refractivity contribution in [1.82, 2.24) is 10.6 Å². The molecule has 0 aromatic heterocycles. The molecule has 0 spiro atoms. The molecule has 2 aromatic carbocycles. The van der Waals surface area contributed by atoms with Crippen LogP contribution in [-0.2, 0) is 19.1 Å². The Hall–Kier alpha value is -3.53. The predicted molar refractivity (Wildman–Crippen MR) is 114 cm³/mol. The average molecular weight is 462 g/mol. The molecule has 0 saturated carbocycles. The lowest BCUT2D eigenvalue weighted by atomic mass is 9.98. The van der Waals surface area contributed by atoms with Crippen LogP contribution in [0.4, 0.5) is 13.6 Å². The van der Waals surface area contributed by atoms with E-state index in [-0.39, 0.29) is 25.7 Å². The van der Waals surface area contributed by atoms with Gasteiger partial charge in [0.15, 0.2) is 0 Å². The maximum atomic E-state index is 12.4. The van der Waals surface area contributed by atoms with Crippen molar-refractivity contribution in [2.45, 2.75) is 24.8 Å². The third kappa shape index (κ3) is 6.48. The third-order valence-electron chi connectivity index (χ3n) is 5.12. The minimum Gasteiger partial charge on any atom is -0.481 e. The molecule has 10 heteroatoms. The Balaban J connectivity index is 1.56. The van der Waals surface area contributed by atoms with Gasteiger partial charge in [-0.05, 0) is 22.3 Å². The highest BCUT2D eigenvalue weighted by molar-refractivity contribution is 5.89. The summed E-state index contributed by atoms with van der Waals surface area (Å²) in [7, 11) is 0. The van der Waals surface area contributed by atoms with Crippen molar-refractivity contribution in [1.29, 1.82) is 0 Å². The molecule has 2 aromatic rings. The van der Waals surface area contributed by atoms with E-state index in [9.17, 15) is 23.2 Å². The first-order chi connectivity index (χ1) is 15.9. The highest BCUT2D eigenvalue weighted by Gasteiger charge is 2.30. The van der Waals surface area contributed by atoms with Gasteiger partial charge in [0.25, 0.3) is 6.43 Å². The Morgan fingerprint density at radius 3 is 2.18 bits per heavy atom. The number of halogens is 2. The molecule has 8 nitrogen and oxygen atoms in total. The Bertz CT molecular complexity index is 955. The van der Waals surface area contributed by atoms with E-state index in [2.05, 4.69) is 15.4 Å². The number of carboxylic acids is 1. The molecule has 0 aliphatic heterocycles. The normalized spacial score (nSPS) is 13.2. The molecule has 3 N–H and O–H groups in total. The number of benzene rings is 2. The topological polar surface area (TPSA) is 114 Å². The summed E-state index contributed by atoms with van der Waals surface area (Å²) in [5.41, 5.74) is 4.13. The van der Waals surface area contributed by atoms with Gasteiger partial charge in [-0.2, -0.15) is 0 Å². The first kappa shape index (κ1) is 24.1. The first-order valence-corrected chi connectivity index (χ1v) is 10.3. The van der Waals surface area contributed by atoms with E-state index >= 15 is 0 Å². The number of carbonyl (C=O) groups excluding carboxylic acids is 2. The van der Waals surface area contributed by atoms with Crippen LogP contribution in [-0.4, -0.2) is 61.9 Å². The van der Waals surface area contributed by atoms with Crippen LogP contribution in [0.15, 0.2) is 48.5 Å². The van der Waals surface area contributed by atoms with Crippen LogP contribution >= 0.6 is 0 Å². The van der Waals surface area contributed by atoms with Gasteiger partial charge in [0.2, 0.25) is 5.91 Å². The summed E-state index contributed by atoms with van der Waals surface area (Å²) in [5, 5.41) is 13.7. The summed E-state index contributed by atoms with van der Waals surface area (Å²) in [6, 6.07) is 14.2. The van der Waals surface area contributed by atoms with Crippen LogP contribution < -0.4 is 10.6 Å². The zero-order valence-corrected chi connectivity index (χ0v) is 17.6. The van der Waals surface area contributed by atoms with E-state index in [0.29, 0.717) is 0 Å². The van der Waals surface area contributed by atoms with Crippen molar-refractivity contribution < 1.29 is 37.7 Å². The number of carboxylic acid groups (broad SMARTS) is 1. The lowest BCUT2D eigenvalue weighted by Crippen LogP contribution is -2.48. The van der Waals surface area contributed by atoms with Crippen molar-refractivity contribution in [2.75, 3.05) is 26.4 Å². The van der Waals surface area contributed by atoms with Crippen LogP contribution in [0.5, 0.6) is 0 Å². The fourth-order valence-corrected chi connectivity index (χ4v) is 3.71. The average Bonchev–Trinajstić information content (AvgIpc) is 3.10. The van der Waals surface area contributed by atoms with Gasteiger partial charge in [-0.3, -0.25) is 9.59 Å². The molecule has 1 aliphatic rings. The van der Waals surface area contributed by atoms with Crippen molar-refractivity contribution in [3.63, 3.8) is 0 Å². The van der Waals surface area contributed by atoms with E-state index in [4.69, 9.17) is 9.84 Å². The third-order valence-corrected chi connectivity index (χ3v) is 5.12. The second-order valence-electron chi connectivity index (χ2n) is 7.38. The molecule has 1 unspecified atom stereocenters. The molecule has 176 valence electrons. The van der Waals surface area contributed by atoms with E-state index < -0.39 is 43.5 Å². The van der Waals surface area contributed by atoms with Crippen LogP contribution in [0.3, 0.4) is 0 Å². The molecular formula is C23H24F2N2O6. The number of nitrogens with one attached hydrogen (secondary N) is 2. The van der Waals surface area contributed by atoms with Gasteiger partial charge in [-0.15, -0.1) is 0 Å². The van der Waals surface area contributed by atoms with Crippen LogP contribution in [0, 0.1) is 0 Å². The molecular weight excluding hydrogens is 438 g/mol. The van der Waals surface area contributed by atoms with Gasteiger partial charge < -0.3 is 25.2 Å². The Morgan fingerprint density at radius 1 is 1.00 bits per heavy atom. The number of aliphatic carboxylic acids is 1. The minimum absolute atomic E-state index is 0.00272. The Kier molecular flexibility index (Phi) is 8.31. The lowest BCUT2D eigenvalue weighted by molar-refractivity contribution is -0.139. The SMILES string of the molecule is O=C(O)CC(NC(=O)OCC1c2ccccc2-c2ccccc21)C(=O)NCCOCC(F)F. The summed E-state index contributed by atoms with van der Waals surface area (Å²) in [6.07, 6.45) is -4.24. The number of hydrogen-bond donors (Lipinski definition) is 3. The Labute approximate surface area is 188 Å². The van der Waals surface area contributed by atoms with E-state index in [0.717, 1.165) is 22.3 Å². The fraction of sp³-hybridized carbons (Fsp3) is 0.348. The predicted octanol–water partition coefficient (Wildman–Crippen LogP) is 2.77. The summed E-state index contributed by atoms with van der Waals surface area (Å²) in [4.78, 5) is 35.7. The van der Waals surface area contributed by atoms with Gasteiger partial charge in [-0.25, -0.2) is 13.6 Å². The smallest absolute Gasteiger partial charge is 0.407 e. The monoisotopic (exact) mass is 462 g/mol. The molecule has 0 heterocycles. The number of alkyl halides is 2. The number of fused-ring (bicyclic) bond motifs is 3. The molecule has 33 heavy (non-hydrogen) atoms. The second kappa shape index (κ2) is 11.4. The zero-order chi connectivity index (χ0) is 23.8. The first-order valence-electron chi connectivity index (χ1n) is 10.3. The molecule has 3 rings (SSSR count). The molecule has 0 radical (unpaired) electrons. The molecule has 2 amide bonds. The van der Waals surface area contributed by atoms with E-state index in [1.807, 2.05) is 48.5 Å². The van der Waals surface area contributed by atoms with Gasteiger partial charge in [0.1, 0.15) is 19.3 Å². The number of alkyl carbamates (subject to hydrolysis) is 1. The maximum absolute atomic E-state index is 12.4. The van der Waals surface area contributed by atoms with Gasteiger partial charge in [0.05, 0.1) is 13.0 Å². The number of amides is 2. The fourth-order valence-electron chi connectivity index (χ4n) is 3.71. The van der Waals surface area contributed by atoms with Crippen LogP contribution in [0.25, 0.3) is 11.1 Å². The molecule has 0 saturated heterocycles. The summed E-state index contributed by atoms with van der Waals surface area (Å²) in [6.45, 7) is -1.07. The summed E-state index contributed by atoms with van der Waals surface area (Å²) < 4.78 is 34.1. The number of hydrogen-bond acceptors (Lipinski definition) is 5. The number of carbonyl (C=O) groups is 3. The zero-order valence-electron chi connectivity index (χ0n) is 17.6. The molecule has 0 fully saturated rings. The maximum Gasteiger partial charge on any atom is 0.407 e. The summed E-state index contributed by atoms with van der Waals surface area (Å²) in [5.74, 6) is -2.28.